The van der Waals surface area contributed by atoms with Crippen LogP contribution in [0.2, 0.25) is 0 Å². The fourth-order valence-corrected chi connectivity index (χ4v) is 5.23. The fourth-order valence-electron chi connectivity index (χ4n) is 4.01. The Hall–Kier alpha value is -3.45. The number of methoxy groups -OCH3 is 1. The van der Waals surface area contributed by atoms with E-state index in [2.05, 4.69) is 5.32 Å². The van der Waals surface area contributed by atoms with Gasteiger partial charge in [0.2, 0.25) is 11.2 Å². The van der Waals surface area contributed by atoms with Gasteiger partial charge in [-0.3, -0.25) is 14.5 Å². The summed E-state index contributed by atoms with van der Waals surface area (Å²) in [5, 5.41) is 3.73. The summed E-state index contributed by atoms with van der Waals surface area (Å²) in [5.41, 5.74) is 3.22. The maximum absolute atomic E-state index is 13.3. The molecule has 6 nitrogen and oxygen atoms in total. The molecule has 0 fully saturated rings. The normalized spacial score (nSPS) is 18.2. The number of allylic oxidation sites excluding steroid dienone is 2. The Bertz CT molecular complexity index is 1340. The van der Waals surface area contributed by atoms with E-state index < -0.39 is 0 Å². The Morgan fingerprint density at radius 1 is 1.06 bits per heavy atom. The molecule has 156 valence electrons. The molecule has 0 radical (unpaired) electrons. The van der Waals surface area contributed by atoms with E-state index in [1.807, 2.05) is 50.2 Å². The van der Waals surface area contributed by atoms with Crippen molar-refractivity contribution in [1.29, 1.82) is 0 Å². The average Bonchev–Trinajstić information content (AvgIpc) is 3.10. The summed E-state index contributed by atoms with van der Waals surface area (Å²) < 4.78 is 11.5. The third kappa shape index (κ3) is 3.13. The second kappa shape index (κ2) is 7.35. The molecule has 2 aliphatic rings. The molecule has 0 saturated carbocycles. The number of nitrogens with one attached hydrogen (secondary N) is 1. The van der Waals surface area contributed by atoms with E-state index in [0.29, 0.717) is 16.7 Å². The smallest absolute Gasteiger partial charge is 0.255 e. The molecule has 1 unspecified atom stereocenters. The van der Waals surface area contributed by atoms with Crippen molar-refractivity contribution < 1.29 is 13.9 Å². The first-order chi connectivity index (χ1) is 15.0. The third-order valence-corrected chi connectivity index (χ3v) is 6.49. The number of hydrogen-bond donors (Lipinski definition) is 1. The number of nitrogens with zero attached hydrogens (tertiary/aromatic N) is 1. The van der Waals surface area contributed by atoms with Crippen LogP contribution in [0, 0.1) is 0 Å². The van der Waals surface area contributed by atoms with Gasteiger partial charge in [-0.1, -0.05) is 42.1 Å². The van der Waals surface area contributed by atoms with Crippen molar-refractivity contribution in [3.63, 3.8) is 0 Å². The summed E-state index contributed by atoms with van der Waals surface area (Å²) in [7, 11) is 1.46. The van der Waals surface area contributed by atoms with Crippen molar-refractivity contribution in [2.24, 2.45) is 0 Å². The third-order valence-electron chi connectivity index (χ3n) is 5.39. The lowest BCUT2D eigenvalue weighted by Crippen LogP contribution is -2.45. The molecule has 5 rings (SSSR count). The Balaban J connectivity index is 1.66. The highest BCUT2D eigenvalue weighted by atomic mass is 32.2. The van der Waals surface area contributed by atoms with Gasteiger partial charge < -0.3 is 14.5 Å². The van der Waals surface area contributed by atoms with E-state index in [1.54, 1.807) is 34.9 Å². The van der Waals surface area contributed by atoms with Crippen LogP contribution in [0.25, 0.3) is 28.0 Å². The molecule has 1 atom stereocenters. The number of rotatable bonds is 3. The fraction of sp³-hybridized carbons (Fsp3) is 0.167. The molecule has 0 aliphatic carbocycles. The molecule has 31 heavy (non-hydrogen) atoms. The lowest BCUT2D eigenvalue weighted by molar-refractivity contribution is -0.124. The first-order valence-electron chi connectivity index (χ1n) is 9.84. The first kappa shape index (κ1) is 19.5. The van der Waals surface area contributed by atoms with Crippen molar-refractivity contribution in [3.05, 3.63) is 81.0 Å². The monoisotopic (exact) mass is 432 g/mol. The van der Waals surface area contributed by atoms with Gasteiger partial charge in [-0.25, -0.2) is 0 Å². The minimum Gasteiger partial charge on any atom is -0.490 e. The van der Waals surface area contributed by atoms with Crippen molar-refractivity contribution >= 4 is 34.3 Å². The number of benzene rings is 2. The lowest BCUT2D eigenvalue weighted by atomic mass is 10.0. The molecular formula is C24H20N2O4S. The van der Waals surface area contributed by atoms with Gasteiger partial charge in [0.15, 0.2) is 11.3 Å². The Kier molecular flexibility index (Phi) is 4.63. The summed E-state index contributed by atoms with van der Waals surface area (Å²) in [6, 6.07) is 14.8. The van der Waals surface area contributed by atoms with E-state index in [1.165, 1.54) is 7.11 Å². The summed E-state index contributed by atoms with van der Waals surface area (Å²) in [6.45, 7) is 3.86. The van der Waals surface area contributed by atoms with Crippen LogP contribution < -0.4 is 15.5 Å². The minimum absolute atomic E-state index is 0.0789. The van der Waals surface area contributed by atoms with Crippen LogP contribution in [0.3, 0.4) is 0 Å². The SMILES string of the molecule is COc1c(-c2ccccc2)oc2ccc(C3=C(C)SC4NC(C)=CC(=O)N34)cc2c1=O. The molecule has 3 aromatic rings. The highest BCUT2D eigenvalue weighted by molar-refractivity contribution is 8.04. The number of amides is 1. The lowest BCUT2D eigenvalue weighted by Gasteiger charge is -2.31. The number of fused-ring (bicyclic) bond motifs is 2. The van der Waals surface area contributed by atoms with Crippen LogP contribution in [0.15, 0.2) is 74.4 Å². The van der Waals surface area contributed by atoms with E-state index in [0.717, 1.165) is 27.4 Å². The molecule has 0 spiro atoms. The maximum Gasteiger partial charge on any atom is 0.255 e. The summed E-state index contributed by atoms with van der Waals surface area (Å²) in [5.74, 6) is 0.482. The topological polar surface area (TPSA) is 71.8 Å². The average molecular weight is 433 g/mol. The number of hydrogen-bond acceptors (Lipinski definition) is 6. The van der Waals surface area contributed by atoms with Crippen LogP contribution in [-0.2, 0) is 4.79 Å². The van der Waals surface area contributed by atoms with Crippen molar-refractivity contribution in [2.45, 2.75) is 19.3 Å². The number of carbonyl (C=O) groups excluding carboxylic acids is 1. The zero-order valence-corrected chi connectivity index (χ0v) is 18.1. The molecule has 2 aromatic carbocycles. The molecule has 2 aliphatic heterocycles. The molecular weight excluding hydrogens is 412 g/mol. The van der Waals surface area contributed by atoms with E-state index in [9.17, 15) is 9.59 Å². The number of thioether (sulfide) groups is 1. The molecule has 3 heterocycles. The molecule has 1 amide bonds. The molecule has 1 N–H and O–H groups in total. The molecule has 1 aromatic heterocycles. The van der Waals surface area contributed by atoms with Gasteiger partial charge >= 0.3 is 0 Å². The van der Waals surface area contributed by atoms with Crippen molar-refractivity contribution in [3.8, 4) is 17.1 Å². The van der Waals surface area contributed by atoms with Crippen molar-refractivity contribution in [2.75, 3.05) is 7.11 Å². The number of carbonyl (C=O) groups is 1. The van der Waals surface area contributed by atoms with Crippen LogP contribution in [0.4, 0.5) is 0 Å². The minimum atomic E-state index is -0.247. The summed E-state index contributed by atoms with van der Waals surface area (Å²) in [4.78, 5) is 28.7. The standard InChI is InChI=1S/C24H20N2O4S/c1-13-11-19(27)26-20(14(2)31-24(26)25-13)16-9-10-18-17(12-16)21(28)23(29-3)22(30-18)15-7-5-4-6-8-15/h4-12,24-25H,1-3H3. The Morgan fingerprint density at radius 3 is 2.58 bits per heavy atom. The second-order valence-corrected chi connectivity index (χ2v) is 8.72. The van der Waals surface area contributed by atoms with Crippen LogP contribution in [0.5, 0.6) is 5.75 Å². The van der Waals surface area contributed by atoms with Gasteiger partial charge in [0.05, 0.1) is 18.2 Å². The van der Waals surface area contributed by atoms with E-state index in [4.69, 9.17) is 9.15 Å². The van der Waals surface area contributed by atoms with E-state index in [-0.39, 0.29) is 22.6 Å². The first-order valence-corrected chi connectivity index (χ1v) is 10.7. The largest absolute Gasteiger partial charge is 0.490 e. The van der Waals surface area contributed by atoms with Crippen LogP contribution >= 0.6 is 11.8 Å². The predicted molar refractivity (Wildman–Crippen MR) is 122 cm³/mol. The quantitative estimate of drug-likeness (QED) is 0.656. The molecule has 0 saturated heterocycles. The summed E-state index contributed by atoms with van der Waals surface area (Å²) in [6.07, 6.45) is 1.58. The van der Waals surface area contributed by atoms with Crippen LogP contribution in [-0.4, -0.2) is 23.4 Å². The van der Waals surface area contributed by atoms with Crippen LogP contribution in [0.1, 0.15) is 19.4 Å². The molecule has 0 bridgehead atoms. The molecule has 7 heteroatoms. The highest BCUT2D eigenvalue weighted by Gasteiger charge is 2.37. The van der Waals surface area contributed by atoms with Gasteiger partial charge in [-0.05, 0) is 32.0 Å². The Labute approximate surface area is 183 Å². The zero-order chi connectivity index (χ0) is 21.7. The van der Waals surface area contributed by atoms with Gasteiger partial charge in [0.1, 0.15) is 5.58 Å². The Morgan fingerprint density at radius 2 is 1.84 bits per heavy atom. The summed E-state index contributed by atoms with van der Waals surface area (Å²) >= 11 is 1.58. The highest BCUT2D eigenvalue weighted by Crippen LogP contribution is 2.44. The van der Waals surface area contributed by atoms with Gasteiger partial charge in [-0.15, -0.1) is 0 Å². The maximum atomic E-state index is 13.3. The zero-order valence-electron chi connectivity index (χ0n) is 17.3. The van der Waals surface area contributed by atoms with Gasteiger partial charge in [-0.2, -0.15) is 0 Å². The van der Waals surface area contributed by atoms with Crippen molar-refractivity contribution in [1.82, 2.24) is 10.2 Å². The number of ether oxygens (including phenoxy) is 1. The second-order valence-electron chi connectivity index (χ2n) is 7.43. The van der Waals surface area contributed by atoms with Gasteiger partial charge in [0.25, 0.3) is 5.91 Å². The van der Waals surface area contributed by atoms with Gasteiger partial charge in [0, 0.05) is 27.8 Å². The van der Waals surface area contributed by atoms with E-state index >= 15 is 0 Å². The predicted octanol–water partition coefficient (Wildman–Crippen LogP) is 4.52.